The third-order valence-electron chi connectivity index (χ3n) is 3.46. The molecule has 1 saturated carbocycles. The van der Waals surface area contributed by atoms with E-state index in [0.717, 1.165) is 43.6 Å². The summed E-state index contributed by atoms with van der Waals surface area (Å²) >= 11 is 0. The smallest absolute Gasteiger partial charge is 0.243 e. The van der Waals surface area contributed by atoms with Crippen LogP contribution in [-0.4, -0.2) is 27.3 Å². The van der Waals surface area contributed by atoms with E-state index >= 15 is 0 Å². The molecule has 0 unspecified atom stereocenters. The Hall–Kier alpha value is -1.23. The predicted molar refractivity (Wildman–Crippen MR) is 67.8 cm³/mol. The average molecular weight is 235 g/mol. The van der Waals surface area contributed by atoms with Gasteiger partial charge in [-0.2, -0.15) is 5.10 Å². The number of hydrogen-bond acceptors (Lipinski definition) is 5. The van der Waals surface area contributed by atoms with E-state index in [-0.39, 0.29) is 5.54 Å². The van der Waals surface area contributed by atoms with Crippen molar-refractivity contribution in [3.05, 3.63) is 11.4 Å². The monoisotopic (exact) mass is 235 g/mol. The van der Waals surface area contributed by atoms with Crippen LogP contribution in [0.1, 0.15) is 44.5 Å². The molecular formula is C12H21N5. The first kappa shape index (κ1) is 12.2. The zero-order chi connectivity index (χ0) is 12.3. The molecule has 0 amide bonds. The van der Waals surface area contributed by atoms with Gasteiger partial charge in [0.1, 0.15) is 0 Å². The maximum atomic E-state index is 6.14. The number of nitrogens with two attached hydrogens (primary N) is 1. The summed E-state index contributed by atoms with van der Waals surface area (Å²) < 4.78 is 0. The first-order chi connectivity index (χ1) is 8.17. The highest BCUT2D eigenvalue weighted by Crippen LogP contribution is 2.28. The maximum absolute atomic E-state index is 6.14. The van der Waals surface area contributed by atoms with Gasteiger partial charge in [-0.1, -0.05) is 13.8 Å². The molecule has 1 aliphatic rings. The fraction of sp³-hybridized carbons (Fsp3) is 0.750. The van der Waals surface area contributed by atoms with Crippen LogP contribution in [0.4, 0.5) is 5.95 Å². The molecule has 3 N–H and O–H groups in total. The van der Waals surface area contributed by atoms with Crippen molar-refractivity contribution in [2.24, 2.45) is 5.73 Å². The van der Waals surface area contributed by atoms with E-state index in [1.807, 2.05) is 0 Å². The summed E-state index contributed by atoms with van der Waals surface area (Å²) in [4.78, 5) is 4.48. The van der Waals surface area contributed by atoms with Crippen LogP contribution in [-0.2, 0) is 12.8 Å². The number of hydrogen-bond donors (Lipinski definition) is 2. The van der Waals surface area contributed by atoms with Gasteiger partial charge >= 0.3 is 0 Å². The summed E-state index contributed by atoms with van der Waals surface area (Å²) in [5, 5.41) is 11.5. The topological polar surface area (TPSA) is 76.7 Å². The van der Waals surface area contributed by atoms with E-state index in [1.165, 1.54) is 6.42 Å². The van der Waals surface area contributed by atoms with Crippen LogP contribution in [0.3, 0.4) is 0 Å². The molecule has 1 aromatic rings. The molecular weight excluding hydrogens is 214 g/mol. The van der Waals surface area contributed by atoms with E-state index in [0.29, 0.717) is 5.95 Å². The van der Waals surface area contributed by atoms with Gasteiger partial charge in [-0.25, -0.2) is 4.98 Å². The minimum absolute atomic E-state index is 0.0564. The highest BCUT2D eigenvalue weighted by Gasteiger charge is 2.32. The third kappa shape index (κ3) is 2.72. The summed E-state index contributed by atoms with van der Waals surface area (Å²) in [7, 11) is 0. The van der Waals surface area contributed by atoms with E-state index < -0.39 is 0 Å². The highest BCUT2D eigenvalue weighted by molar-refractivity contribution is 5.27. The van der Waals surface area contributed by atoms with Crippen LogP contribution >= 0.6 is 0 Å². The molecule has 1 aromatic heterocycles. The minimum Gasteiger partial charge on any atom is -0.351 e. The second-order valence-corrected chi connectivity index (χ2v) is 4.81. The molecule has 0 aliphatic heterocycles. The van der Waals surface area contributed by atoms with Crippen molar-refractivity contribution in [3.63, 3.8) is 0 Å². The molecule has 0 aromatic carbocycles. The SMILES string of the molecule is CCc1nnc(NCC2(N)CCC2)nc1CC. The van der Waals surface area contributed by atoms with Crippen molar-refractivity contribution in [1.29, 1.82) is 0 Å². The zero-order valence-electron chi connectivity index (χ0n) is 10.7. The van der Waals surface area contributed by atoms with Crippen molar-refractivity contribution in [1.82, 2.24) is 15.2 Å². The lowest BCUT2D eigenvalue weighted by atomic mass is 9.78. The molecule has 0 atom stereocenters. The number of aromatic nitrogens is 3. The fourth-order valence-corrected chi connectivity index (χ4v) is 2.08. The lowest BCUT2D eigenvalue weighted by Gasteiger charge is -2.38. The van der Waals surface area contributed by atoms with Gasteiger partial charge in [0, 0.05) is 12.1 Å². The van der Waals surface area contributed by atoms with E-state index in [2.05, 4.69) is 34.3 Å². The third-order valence-corrected chi connectivity index (χ3v) is 3.46. The number of aryl methyl sites for hydroxylation is 2. The molecule has 0 spiro atoms. The van der Waals surface area contributed by atoms with Crippen LogP contribution in [0.15, 0.2) is 0 Å². The van der Waals surface area contributed by atoms with Gasteiger partial charge in [-0.05, 0) is 32.1 Å². The largest absolute Gasteiger partial charge is 0.351 e. The Morgan fingerprint density at radius 3 is 2.41 bits per heavy atom. The average Bonchev–Trinajstić information content (AvgIpc) is 2.33. The first-order valence-corrected chi connectivity index (χ1v) is 6.42. The molecule has 0 bridgehead atoms. The van der Waals surface area contributed by atoms with Gasteiger partial charge in [-0.3, -0.25) is 0 Å². The normalized spacial score (nSPS) is 17.6. The summed E-state index contributed by atoms with van der Waals surface area (Å²) in [6.07, 6.45) is 5.17. The Morgan fingerprint density at radius 2 is 1.88 bits per heavy atom. The summed E-state index contributed by atoms with van der Waals surface area (Å²) in [5.41, 5.74) is 8.10. The standard InChI is InChI=1S/C12H21N5/c1-3-9-10(4-2)16-17-11(15-9)14-8-12(13)6-5-7-12/h3-8,13H2,1-2H3,(H,14,15,17). The highest BCUT2D eigenvalue weighted by atomic mass is 15.2. The fourth-order valence-electron chi connectivity index (χ4n) is 2.08. The molecule has 1 heterocycles. The van der Waals surface area contributed by atoms with Gasteiger partial charge in [-0.15, -0.1) is 5.10 Å². The van der Waals surface area contributed by atoms with Crippen LogP contribution in [0, 0.1) is 0 Å². The minimum atomic E-state index is -0.0564. The summed E-state index contributed by atoms with van der Waals surface area (Å²) in [6.45, 7) is 4.90. The van der Waals surface area contributed by atoms with Crippen LogP contribution in [0.2, 0.25) is 0 Å². The number of anilines is 1. The van der Waals surface area contributed by atoms with Gasteiger partial charge in [0.05, 0.1) is 11.4 Å². The quantitative estimate of drug-likeness (QED) is 0.804. The van der Waals surface area contributed by atoms with E-state index in [4.69, 9.17) is 5.73 Å². The lowest BCUT2D eigenvalue weighted by Crippen LogP contribution is -2.52. The molecule has 2 rings (SSSR count). The molecule has 1 aliphatic carbocycles. The number of nitrogens with zero attached hydrogens (tertiary/aromatic N) is 3. The molecule has 0 radical (unpaired) electrons. The van der Waals surface area contributed by atoms with Crippen molar-refractivity contribution >= 4 is 5.95 Å². The second-order valence-electron chi connectivity index (χ2n) is 4.81. The lowest BCUT2D eigenvalue weighted by molar-refractivity contribution is 0.265. The molecule has 5 nitrogen and oxygen atoms in total. The number of nitrogens with one attached hydrogen (secondary N) is 1. The van der Waals surface area contributed by atoms with Crippen molar-refractivity contribution < 1.29 is 0 Å². The van der Waals surface area contributed by atoms with Crippen molar-refractivity contribution in [2.75, 3.05) is 11.9 Å². The molecule has 1 fully saturated rings. The van der Waals surface area contributed by atoms with Crippen molar-refractivity contribution in [3.8, 4) is 0 Å². The Morgan fingerprint density at radius 1 is 1.18 bits per heavy atom. The maximum Gasteiger partial charge on any atom is 0.243 e. The van der Waals surface area contributed by atoms with Crippen LogP contribution in [0.5, 0.6) is 0 Å². The Kier molecular flexibility index (Phi) is 3.57. The van der Waals surface area contributed by atoms with Gasteiger partial charge in [0.15, 0.2) is 0 Å². The Labute approximate surface area is 102 Å². The van der Waals surface area contributed by atoms with Gasteiger partial charge < -0.3 is 11.1 Å². The number of rotatable bonds is 5. The second kappa shape index (κ2) is 4.96. The zero-order valence-corrected chi connectivity index (χ0v) is 10.7. The Bertz CT molecular complexity index is 386. The van der Waals surface area contributed by atoms with Crippen LogP contribution < -0.4 is 11.1 Å². The van der Waals surface area contributed by atoms with E-state index in [9.17, 15) is 0 Å². The van der Waals surface area contributed by atoms with Gasteiger partial charge in [0.2, 0.25) is 5.95 Å². The summed E-state index contributed by atoms with van der Waals surface area (Å²) in [5.74, 6) is 0.607. The molecule has 0 saturated heterocycles. The molecule has 17 heavy (non-hydrogen) atoms. The van der Waals surface area contributed by atoms with E-state index in [1.54, 1.807) is 0 Å². The summed E-state index contributed by atoms with van der Waals surface area (Å²) in [6, 6.07) is 0. The van der Waals surface area contributed by atoms with Crippen LogP contribution in [0.25, 0.3) is 0 Å². The predicted octanol–water partition coefficient (Wildman–Crippen LogP) is 1.29. The Balaban J connectivity index is 2.01. The molecule has 94 valence electrons. The van der Waals surface area contributed by atoms with Crippen molar-refractivity contribution in [2.45, 2.75) is 51.5 Å². The first-order valence-electron chi connectivity index (χ1n) is 6.42. The molecule has 5 heteroatoms. The van der Waals surface area contributed by atoms with Gasteiger partial charge in [0.25, 0.3) is 0 Å².